The smallest absolute Gasteiger partial charge is 0.164 e. The maximum absolute atomic E-state index is 12.1. The number of hydrogen-bond acceptors (Lipinski definition) is 3. The van der Waals surface area contributed by atoms with E-state index in [4.69, 9.17) is 4.74 Å². The van der Waals surface area contributed by atoms with Crippen molar-refractivity contribution >= 4 is 5.78 Å². The van der Waals surface area contributed by atoms with Gasteiger partial charge < -0.3 is 9.84 Å². The number of epoxide rings is 1. The zero-order valence-electron chi connectivity index (χ0n) is 13.8. The molecule has 8 unspecified atom stereocenters. The number of Topliss-reactive ketones (excluding diaryl/α,β-unsaturated/α-hetero) is 1. The minimum Gasteiger partial charge on any atom is -0.393 e. The Bertz CT molecular complexity index is 545. The van der Waals surface area contributed by atoms with Gasteiger partial charge in [0.2, 0.25) is 0 Å². The second-order valence-electron chi connectivity index (χ2n) is 9.32. The summed E-state index contributed by atoms with van der Waals surface area (Å²) in [6.45, 7) is 4.75. The molecule has 0 amide bonds. The molecule has 3 heteroatoms. The topological polar surface area (TPSA) is 49.8 Å². The van der Waals surface area contributed by atoms with Crippen LogP contribution >= 0.6 is 0 Å². The Kier molecular flexibility index (Phi) is 2.52. The quantitative estimate of drug-likeness (QED) is 0.700. The predicted octanol–water partition coefficient (Wildman–Crippen LogP) is 3.09. The molecule has 122 valence electrons. The largest absolute Gasteiger partial charge is 0.393 e. The van der Waals surface area contributed by atoms with Gasteiger partial charge in [-0.2, -0.15) is 0 Å². The Balaban J connectivity index is 1.51. The first-order chi connectivity index (χ1) is 10.4. The molecule has 5 aliphatic rings. The number of rotatable bonds is 0. The molecule has 1 saturated heterocycles. The maximum Gasteiger partial charge on any atom is 0.164 e. The zero-order chi connectivity index (χ0) is 15.3. The summed E-state index contributed by atoms with van der Waals surface area (Å²) in [5, 5.41) is 10.5. The summed E-state index contributed by atoms with van der Waals surface area (Å²) in [5.41, 5.74) is 0.244. The molecule has 5 fully saturated rings. The maximum atomic E-state index is 12.1. The average molecular weight is 304 g/mol. The summed E-state index contributed by atoms with van der Waals surface area (Å²) in [6.07, 6.45) is 8.42. The third-order valence-corrected chi connectivity index (χ3v) is 8.90. The van der Waals surface area contributed by atoms with Crippen molar-refractivity contribution in [3.63, 3.8) is 0 Å². The Labute approximate surface area is 132 Å². The van der Waals surface area contributed by atoms with E-state index < -0.39 is 0 Å². The predicted molar refractivity (Wildman–Crippen MR) is 82.2 cm³/mol. The summed E-state index contributed by atoms with van der Waals surface area (Å²) in [7, 11) is 0. The van der Waals surface area contributed by atoms with Crippen LogP contribution in [0.5, 0.6) is 0 Å². The highest BCUT2D eigenvalue weighted by Crippen LogP contribution is 2.72. The summed E-state index contributed by atoms with van der Waals surface area (Å²) in [4.78, 5) is 12.1. The van der Waals surface area contributed by atoms with Crippen molar-refractivity contribution in [3.8, 4) is 0 Å². The summed E-state index contributed by atoms with van der Waals surface area (Å²) in [5.74, 6) is 2.48. The van der Waals surface area contributed by atoms with Crippen LogP contribution in [0.15, 0.2) is 0 Å². The normalized spacial score (nSPS) is 62.7. The molecular weight excluding hydrogens is 276 g/mol. The first kappa shape index (κ1) is 14.0. The van der Waals surface area contributed by atoms with E-state index in [1.165, 1.54) is 19.3 Å². The van der Waals surface area contributed by atoms with Crippen LogP contribution in [0.2, 0.25) is 0 Å². The summed E-state index contributed by atoms with van der Waals surface area (Å²) < 4.78 is 6.09. The molecule has 22 heavy (non-hydrogen) atoms. The van der Waals surface area contributed by atoms with Crippen LogP contribution in [0.4, 0.5) is 0 Å². The molecule has 1 N–H and O–H groups in total. The van der Waals surface area contributed by atoms with Gasteiger partial charge in [0.25, 0.3) is 0 Å². The highest BCUT2D eigenvalue weighted by Gasteiger charge is 2.76. The van der Waals surface area contributed by atoms with Crippen LogP contribution in [0.3, 0.4) is 0 Å². The van der Waals surface area contributed by atoms with Gasteiger partial charge in [-0.15, -0.1) is 0 Å². The van der Waals surface area contributed by atoms with Gasteiger partial charge in [0.15, 0.2) is 5.78 Å². The molecule has 8 atom stereocenters. The van der Waals surface area contributed by atoms with E-state index in [0.717, 1.165) is 38.0 Å². The fourth-order valence-corrected chi connectivity index (χ4v) is 7.47. The Hall–Kier alpha value is -0.410. The van der Waals surface area contributed by atoms with E-state index in [-0.39, 0.29) is 28.6 Å². The number of carbonyl (C=O) groups excluding carboxylic acids is 1. The van der Waals surface area contributed by atoms with E-state index in [2.05, 4.69) is 13.8 Å². The molecule has 4 aliphatic carbocycles. The average Bonchev–Trinajstić information content (AvgIpc) is 3.17. The number of hydrogen-bond donors (Lipinski definition) is 1. The second kappa shape index (κ2) is 3.97. The van der Waals surface area contributed by atoms with Gasteiger partial charge in [0.1, 0.15) is 11.7 Å². The molecular formula is C19H28O3. The molecule has 3 nitrogen and oxygen atoms in total. The molecule has 0 aromatic rings. The molecule has 4 saturated carbocycles. The highest BCUT2D eigenvalue weighted by molar-refractivity contribution is 5.88. The van der Waals surface area contributed by atoms with Crippen molar-refractivity contribution < 1.29 is 14.6 Å². The Morgan fingerprint density at radius 1 is 1.05 bits per heavy atom. The molecule has 5 rings (SSSR count). The summed E-state index contributed by atoms with van der Waals surface area (Å²) in [6, 6.07) is 0. The number of ketones is 1. The van der Waals surface area contributed by atoms with E-state index in [0.29, 0.717) is 17.6 Å². The van der Waals surface area contributed by atoms with Crippen molar-refractivity contribution in [1.82, 2.24) is 0 Å². The third kappa shape index (κ3) is 1.36. The van der Waals surface area contributed by atoms with Crippen LogP contribution in [-0.4, -0.2) is 28.7 Å². The zero-order valence-corrected chi connectivity index (χ0v) is 13.8. The van der Waals surface area contributed by atoms with Gasteiger partial charge in [0.05, 0.1) is 6.10 Å². The lowest BCUT2D eigenvalue weighted by atomic mass is 9.45. The number of aliphatic hydroxyl groups excluding tert-OH is 1. The van der Waals surface area contributed by atoms with Crippen LogP contribution in [0.25, 0.3) is 0 Å². The molecule has 0 bridgehead atoms. The third-order valence-electron chi connectivity index (χ3n) is 8.90. The molecule has 1 spiro atoms. The lowest BCUT2D eigenvalue weighted by Crippen LogP contribution is -2.58. The summed E-state index contributed by atoms with van der Waals surface area (Å²) >= 11 is 0. The monoisotopic (exact) mass is 304 g/mol. The fourth-order valence-electron chi connectivity index (χ4n) is 7.47. The van der Waals surface area contributed by atoms with Crippen molar-refractivity contribution in [1.29, 1.82) is 0 Å². The molecule has 1 heterocycles. The van der Waals surface area contributed by atoms with Gasteiger partial charge in [-0.05, 0) is 68.1 Å². The van der Waals surface area contributed by atoms with Crippen LogP contribution in [0, 0.1) is 28.6 Å². The van der Waals surface area contributed by atoms with Gasteiger partial charge in [0, 0.05) is 11.8 Å². The van der Waals surface area contributed by atoms with Crippen molar-refractivity contribution in [3.05, 3.63) is 0 Å². The minimum absolute atomic E-state index is 0.0744. The number of ether oxygens (including phenoxy) is 1. The standard InChI is InChI=1S/C19H28O3/c1-17-8-6-13-11(12(17)3-4-15(17)21)5-10-19-16(22-19)14(20)7-9-18(13,19)2/h11-13,15-16,21H,3-10H2,1-2H3. The van der Waals surface area contributed by atoms with E-state index in [1.54, 1.807) is 0 Å². The lowest BCUT2D eigenvalue weighted by molar-refractivity contribution is -0.133. The van der Waals surface area contributed by atoms with Crippen LogP contribution < -0.4 is 0 Å². The first-order valence-corrected chi connectivity index (χ1v) is 9.31. The Morgan fingerprint density at radius 2 is 1.86 bits per heavy atom. The number of carbonyl (C=O) groups is 1. The van der Waals surface area contributed by atoms with Crippen molar-refractivity contribution in [2.45, 2.75) is 83.0 Å². The Morgan fingerprint density at radius 3 is 2.68 bits per heavy atom. The van der Waals surface area contributed by atoms with Gasteiger partial charge in [-0.3, -0.25) is 4.79 Å². The molecule has 1 aliphatic heterocycles. The van der Waals surface area contributed by atoms with Gasteiger partial charge >= 0.3 is 0 Å². The fraction of sp³-hybridized carbons (Fsp3) is 0.947. The van der Waals surface area contributed by atoms with E-state index in [1.807, 2.05) is 0 Å². The van der Waals surface area contributed by atoms with Crippen molar-refractivity contribution in [2.24, 2.45) is 28.6 Å². The van der Waals surface area contributed by atoms with Crippen molar-refractivity contribution in [2.75, 3.05) is 0 Å². The SMILES string of the molecule is CC12CCC3C(CCC45OC4C(=O)CCC35C)C1CCC2O. The minimum atomic E-state index is -0.103. The number of fused-ring (bicyclic) bond motifs is 4. The van der Waals surface area contributed by atoms with Gasteiger partial charge in [-0.1, -0.05) is 13.8 Å². The van der Waals surface area contributed by atoms with Gasteiger partial charge in [-0.25, -0.2) is 0 Å². The molecule has 0 aromatic heterocycles. The first-order valence-electron chi connectivity index (χ1n) is 9.31. The highest BCUT2D eigenvalue weighted by atomic mass is 16.6. The second-order valence-corrected chi connectivity index (χ2v) is 9.32. The van der Waals surface area contributed by atoms with E-state index >= 15 is 0 Å². The molecule has 0 aromatic carbocycles. The lowest BCUT2D eigenvalue weighted by Gasteiger charge is -2.59. The van der Waals surface area contributed by atoms with Crippen LogP contribution in [0.1, 0.15) is 65.2 Å². The van der Waals surface area contributed by atoms with Crippen LogP contribution in [-0.2, 0) is 9.53 Å². The van der Waals surface area contributed by atoms with E-state index in [9.17, 15) is 9.90 Å². The number of aliphatic hydroxyl groups is 1. The molecule has 0 radical (unpaired) electrons.